The van der Waals surface area contributed by atoms with Crippen molar-refractivity contribution < 1.29 is 4.74 Å². The molecule has 0 aromatic heterocycles. The lowest BCUT2D eigenvalue weighted by atomic mass is 9.77. The monoisotopic (exact) mass is 259 g/mol. The van der Waals surface area contributed by atoms with Gasteiger partial charge in [0, 0.05) is 18.5 Å². The van der Waals surface area contributed by atoms with Crippen LogP contribution in [0.1, 0.15) is 42.9 Å². The second-order valence-corrected chi connectivity index (χ2v) is 6.56. The first-order valence-corrected chi connectivity index (χ1v) is 7.54. The van der Waals surface area contributed by atoms with Gasteiger partial charge in [-0.15, -0.1) is 0 Å². The van der Waals surface area contributed by atoms with E-state index in [4.69, 9.17) is 4.74 Å². The van der Waals surface area contributed by atoms with Gasteiger partial charge in [0.25, 0.3) is 0 Å². The Morgan fingerprint density at radius 1 is 1.26 bits per heavy atom. The van der Waals surface area contributed by atoms with Crippen LogP contribution in [0.15, 0.2) is 12.1 Å². The van der Waals surface area contributed by atoms with E-state index in [-0.39, 0.29) is 0 Å². The molecule has 2 aliphatic heterocycles. The third-order valence-corrected chi connectivity index (χ3v) is 4.78. The van der Waals surface area contributed by atoms with Crippen LogP contribution in [0.3, 0.4) is 0 Å². The van der Waals surface area contributed by atoms with E-state index in [1.54, 1.807) is 0 Å². The summed E-state index contributed by atoms with van der Waals surface area (Å²) in [5.41, 5.74) is 4.14. The molecule has 0 amide bonds. The highest BCUT2D eigenvalue weighted by Crippen LogP contribution is 2.44. The summed E-state index contributed by atoms with van der Waals surface area (Å²) < 4.78 is 6.08. The Morgan fingerprint density at radius 3 is 2.79 bits per heavy atom. The van der Waals surface area contributed by atoms with Gasteiger partial charge in [-0.05, 0) is 57.7 Å². The van der Waals surface area contributed by atoms with Gasteiger partial charge in [0.1, 0.15) is 5.75 Å². The largest absolute Gasteiger partial charge is 0.493 e. The summed E-state index contributed by atoms with van der Waals surface area (Å²) in [6.07, 6.45) is 1.28. The maximum atomic E-state index is 6.08. The first kappa shape index (κ1) is 13.0. The molecule has 2 aliphatic rings. The number of aryl methyl sites for hydroxylation is 2. The zero-order valence-corrected chi connectivity index (χ0v) is 12.6. The summed E-state index contributed by atoms with van der Waals surface area (Å²) in [5.74, 6) is 2.55. The third kappa shape index (κ3) is 2.27. The van der Waals surface area contributed by atoms with E-state index >= 15 is 0 Å². The highest BCUT2D eigenvalue weighted by molar-refractivity contribution is 5.47. The van der Waals surface area contributed by atoms with Crippen molar-refractivity contribution in [3.05, 3.63) is 28.8 Å². The standard InChI is InChI=1S/C17H25NO/c1-11(2)18-6-5-15-14(9-18)10-19-17-13(4)7-12(3)8-16(15)17/h7-8,11,14-15H,5-6,9-10H2,1-4H3/t14-,15-/m1/s1. The molecule has 3 rings (SSSR count). The van der Waals surface area contributed by atoms with E-state index in [0.29, 0.717) is 17.9 Å². The predicted molar refractivity (Wildman–Crippen MR) is 79.0 cm³/mol. The highest BCUT2D eigenvalue weighted by atomic mass is 16.5. The first-order chi connectivity index (χ1) is 9.06. The van der Waals surface area contributed by atoms with Crippen molar-refractivity contribution in [3.63, 3.8) is 0 Å². The normalized spacial score (nSPS) is 26.8. The molecule has 0 spiro atoms. The quantitative estimate of drug-likeness (QED) is 0.765. The number of piperidine rings is 1. The molecule has 2 nitrogen and oxygen atoms in total. The van der Waals surface area contributed by atoms with Crippen molar-refractivity contribution >= 4 is 0 Å². The molecule has 0 saturated carbocycles. The molecule has 1 aromatic carbocycles. The average molecular weight is 259 g/mol. The molecule has 19 heavy (non-hydrogen) atoms. The van der Waals surface area contributed by atoms with E-state index in [1.165, 1.54) is 42.0 Å². The number of hydrogen-bond donors (Lipinski definition) is 0. The fraction of sp³-hybridized carbons (Fsp3) is 0.647. The number of fused-ring (bicyclic) bond motifs is 3. The molecule has 0 N–H and O–H groups in total. The lowest BCUT2D eigenvalue weighted by Crippen LogP contribution is -2.46. The minimum atomic E-state index is 0.654. The molecule has 2 heterocycles. The van der Waals surface area contributed by atoms with Gasteiger partial charge in [-0.25, -0.2) is 0 Å². The number of hydrogen-bond acceptors (Lipinski definition) is 2. The summed E-state index contributed by atoms with van der Waals surface area (Å²) in [4.78, 5) is 2.60. The topological polar surface area (TPSA) is 12.5 Å². The third-order valence-electron chi connectivity index (χ3n) is 4.78. The Bertz CT molecular complexity index is 480. The number of nitrogens with zero attached hydrogens (tertiary/aromatic N) is 1. The summed E-state index contributed by atoms with van der Waals surface area (Å²) in [7, 11) is 0. The van der Waals surface area contributed by atoms with Gasteiger partial charge in [0.05, 0.1) is 6.61 Å². The summed E-state index contributed by atoms with van der Waals surface area (Å²) in [6.45, 7) is 12.3. The lowest BCUT2D eigenvalue weighted by molar-refractivity contribution is 0.0746. The second-order valence-electron chi connectivity index (χ2n) is 6.56. The van der Waals surface area contributed by atoms with Crippen molar-refractivity contribution in [2.24, 2.45) is 5.92 Å². The van der Waals surface area contributed by atoms with E-state index < -0.39 is 0 Å². The van der Waals surface area contributed by atoms with Crippen LogP contribution >= 0.6 is 0 Å². The fourth-order valence-electron chi connectivity index (χ4n) is 3.76. The van der Waals surface area contributed by atoms with Crippen LogP contribution in [0.4, 0.5) is 0 Å². The molecule has 0 bridgehead atoms. The minimum Gasteiger partial charge on any atom is -0.493 e. The maximum Gasteiger partial charge on any atom is 0.125 e. The Balaban J connectivity index is 1.90. The highest BCUT2D eigenvalue weighted by Gasteiger charge is 2.36. The van der Waals surface area contributed by atoms with E-state index in [2.05, 4.69) is 44.7 Å². The molecule has 1 fully saturated rings. The molecule has 2 atom stereocenters. The van der Waals surface area contributed by atoms with Crippen LogP contribution < -0.4 is 4.74 Å². The van der Waals surface area contributed by atoms with E-state index in [9.17, 15) is 0 Å². The zero-order valence-electron chi connectivity index (χ0n) is 12.6. The Hall–Kier alpha value is -1.02. The van der Waals surface area contributed by atoms with E-state index in [1.807, 2.05) is 0 Å². The summed E-state index contributed by atoms with van der Waals surface area (Å²) >= 11 is 0. The van der Waals surface area contributed by atoms with Crippen molar-refractivity contribution in [2.45, 2.75) is 46.1 Å². The average Bonchev–Trinajstić information content (AvgIpc) is 2.37. The lowest BCUT2D eigenvalue weighted by Gasteiger charge is -2.43. The molecule has 1 saturated heterocycles. The molecule has 2 heteroatoms. The van der Waals surface area contributed by atoms with Gasteiger partial charge in [-0.1, -0.05) is 17.7 Å². The number of benzene rings is 1. The number of rotatable bonds is 1. The smallest absolute Gasteiger partial charge is 0.125 e. The first-order valence-electron chi connectivity index (χ1n) is 7.54. The van der Waals surface area contributed by atoms with Crippen LogP contribution in [-0.2, 0) is 0 Å². The van der Waals surface area contributed by atoms with Gasteiger partial charge in [-0.3, -0.25) is 0 Å². The van der Waals surface area contributed by atoms with Crippen LogP contribution in [0.25, 0.3) is 0 Å². The zero-order chi connectivity index (χ0) is 13.6. The van der Waals surface area contributed by atoms with Crippen molar-refractivity contribution in [2.75, 3.05) is 19.7 Å². The van der Waals surface area contributed by atoms with Gasteiger partial charge in [0.15, 0.2) is 0 Å². The minimum absolute atomic E-state index is 0.654. The van der Waals surface area contributed by atoms with Gasteiger partial charge in [0.2, 0.25) is 0 Å². The van der Waals surface area contributed by atoms with Crippen LogP contribution in [0.5, 0.6) is 5.75 Å². The van der Waals surface area contributed by atoms with E-state index in [0.717, 1.165) is 6.61 Å². The second kappa shape index (κ2) is 4.82. The molecular formula is C17H25NO. The van der Waals surface area contributed by atoms with Gasteiger partial charge >= 0.3 is 0 Å². The summed E-state index contributed by atoms with van der Waals surface area (Å²) in [6, 6.07) is 5.24. The Kier molecular flexibility index (Phi) is 3.30. The summed E-state index contributed by atoms with van der Waals surface area (Å²) in [5, 5.41) is 0. The van der Waals surface area contributed by atoms with Crippen molar-refractivity contribution in [1.82, 2.24) is 4.90 Å². The molecule has 0 radical (unpaired) electrons. The van der Waals surface area contributed by atoms with Crippen molar-refractivity contribution in [1.29, 1.82) is 0 Å². The molecule has 104 valence electrons. The van der Waals surface area contributed by atoms with Gasteiger partial charge in [-0.2, -0.15) is 0 Å². The molecule has 1 aromatic rings. The predicted octanol–water partition coefficient (Wildman–Crippen LogP) is 3.51. The Morgan fingerprint density at radius 2 is 2.05 bits per heavy atom. The van der Waals surface area contributed by atoms with Crippen LogP contribution in [0.2, 0.25) is 0 Å². The van der Waals surface area contributed by atoms with Crippen molar-refractivity contribution in [3.8, 4) is 5.75 Å². The van der Waals surface area contributed by atoms with Crippen LogP contribution in [0, 0.1) is 19.8 Å². The fourth-order valence-corrected chi connectivity index (χ4v) is 3.76. The molecule has 0 unspecified atom stereocenters. The van der Waals surface area contributed by atoms with Gasteiger partial charge < -0.3 is 9.64 Å². The SMILES string of the molecule is Cc1cc(C)c2c(c1)[C@@H]1CCN(C(C)C)C[C@@H]1CO2. The number of likely N-dealkylation sites (tertiary alicyclic amines) is 1. The number of ether oxygens (including phenoxy) is 1. The van der Waals surface area contributed by atoms with Crippen LogP contribution in [-0.4, -0.2) is 30.6 Å². The Labute approximate surface area is 116 Å². The molecule has 0 aliphatic carbocycles. The molecular weight excluding hydrogens is 234 g/mol. The maximum absolute atomic E-state index is 6.08.